The summed E-state index contributed by atoms with van der Waals surface area (Å²) < 4.78 is 58.2. The van der Waals surface area contributed by atoms with E-state index in [1.54, 1.807) is 0 Å². The number of nitrogens with two attached hydrogens (primary N) is 1. The number of amides is 1. The number of rotatable bonds is 1. The van der Waals surface area contributed by atoms with Crippen molar-refractivity contribution in [3.05, 3.63) is 51.9 Å². The Morgan fingerprint density at radius 3 is 2.68 bits per heavy atom. The number of carbonyl (C=O) groups excluding carboxylic acids is 3. The van der Waals surface area contributed by atoms with Gasteiger partial charge >= 0.3 is 0 Å². The maximum Gasteiger partial charge on any atom is 0.255 e. The summed E-state index contributed by atoms with van der Waals surface area (Å²) in [5, 5.41) is 43.4. The molecule has 8 nitrogen and oxygen atoms in total. The van der Waals surface area contributed by atoms with Gasteiger partial charge in [-0.3, -0.25) is 14.4 Å². The largest absolute Gasteiger partial charge is 0.511 e. The van der Waals surface area contributed by atoms with Crippen molar-refractivity contribution in [2.24, 2.45) is 23.4 Å². The molecule has 4 rings (SSSR count). The molecule has 146 valence electrons. The molecule has 0 radical (unpaired) electrons. The van der Waals surface area contributed by atoms with E-state index >= 15 is 0 Å². The van der Waals surface area contributed by atoms with Gasteiger partial charge in [-0.25, -0.2) is 0 Å². The predicted molar refractivity (Wildman–Crippen MR) is 95.2 cm³/mol. The summed E-state index contributed by atoms with van der Waals surface area (Å²) in [6.45, 7) is 0.904. The maximum absolute atomic E-state index is 13.5. The van der Waals surface area contributed by atoms with Crippen LogP contribution in [0.1, 0.15) is 45.2 Å². The summed E-state index contributed by atoms with van der Waals surface area (Å²) in [6, 6.07) is -2.72. The number of fused-ring (bicyclic) bond motifs is 3. The van der Waals surface area contributed by atoms with Crippen LogP contribution in [0.4, 0.5) is 0 Å². The molecule has 0 heterocycles. The number of aromatic hydroxyl groups is 1. The van der Waals surface area contributed by atoms with Gasteiger partial charge in [0, 0.05) is 23.3 Å². The van der Waals surface area contributed by atoms with Crippen molar-refractivity contribution in [1.82, 2.24) is 0 Å². The summed E-state index contributed by atoms with van der Waals surface area (Å²) >= 11 is 0. The van der Waals surface area contributed by atoms with Crippen LogP contribution in [0.2, 0.25) is 0 Å². The Kier molecular flexibility index (Phi) is 2.37. The van der Waals surface area contributed by atoms with Crippen molar-refractivity contribution < 1.29 is 44.4 Å². The molecule has 0 saturated carbocycles. The molecule has 3 aliphatic carbocycles. The lowest BCUT2D eigenvalue weighted by atomic mass is 9.58. The number of carbonyl (C=O) groups is 3. The predicted octanol–water partition coefficient (Wildman–Crippen LogP) is 1.13. The molecule has 3 aliphatic rings. The minimum atomic E-state index is -3.14. The smallest absolute Gasteiger partial charge is 0.255 e. The first-order valence-corrected chi connectivity index (χ1v) is 8.13. The number of benzene rings is 1. The lowest BCUT2D eigenvalue weighted by molar-refractivity contribution is -0.126. The van der Waals surface area contributed by atoms with Gasteiger partial charge in [-0.2, -0.15) is 0 Å². The first kappa shape index (κ1) is 11.7. The van der Waals surface area contributed by atoms with Crippen molar-refractivity contribution in [3.63, 3.8) is 0 Å². The van der Waals surface area contributed by atoms with Gasteiger partial charge in [-0.15, -0.1) is 0 Å². The molecule has 4 atom stereocenters. The quantitative estimate of drug-likeness (QED) is 0.448. The highest BCUT2D eigenvalue weighted by Gasteiger charge is 2.55. The van der Waals surface area contributed by atoms with E-state index < -0.39 is 111 Å². The first-order valence-electron chi connectivity index (χ1n) is 11.6. The summed E-state index contributed by atoms with van der Waals surface area (Å²) in [6.07, 6.45) is -4.18. The van der Waals surface area contributed by atoms with Gasteiger partial charge in [0.1, 0.15) is 22.8 Å². The fraction of sp³-hybridized carbons (Fsp3) is 0.350. The zero-order valence-corrected chi connectivity index (χ0v) is 14.4. The Bertz CT molecular complexity index is 1350. The highest BCUT2D eigenvalue weighted by atomic mass is 16.3. The van der Waals surface area contributed by atoms with Crippen molar-refractivity contribution >= 4 is 17.5 Å². The average Bonchev–Trinajstić information content (AvgIpc) is 2.74. The molecule has 0 fully saturated rings. The maximum atomic E-state index is 13.5. The van der Waals surface area contributed by atoms with Crippen LogP contribution in [0.15, 0.2) is 40.8 Å². The zero-order chi connectivity index (χ0) is 26.8. The minimum Gasteiger partial charge on any atom is -0.511 e. The van der Waals surface area contributed by atoms with E-state index in [0.717, 1.165) is 6.92 Å². The number of phenolic OH excluding ortho intramolecular Hbond substituents is 1. The molecule has 8 heteroatoms. The fourth-order valence-electron chi connectivity index (χ4n) is 3.89. The van der Waals surface area contributed by atoms with Crippen molar-refractivity contribution in [1.29, 1.82) is 0 Å². The van der Waals surface area contributed by atoms with Gasteiger partial charge in [0.05, 0.1) is 21.2 Å². The Hall–Kier alpha value is -3.13. The molecule has 1 amide bonds. The number of aliphatic hydroxyl groups is 3. The van der Waals surface area contributed by atoms with Gasteiger partial charge < -0.3 is 26.2 Å². The Balaban J connectivity index is 2.16. The molecule has 0 bridgehead atoms. The number of allylic oxidation sites excluding steroid dienone is 2. The van der Waals surface area contributed by atoms with Gasteiger partial charge in [0.15, 0.2) is 11.6 Å². The summed E-state index contributed by atoms with van der Waals surface area (Å²) in [4.78, 5) is 38.4. The highest BCUT2D eigenvalue weighted by Crippen LogP contribution is 2.54. The summed E-state index contributed by atoms with van der Waals surface area (Å²) in [7, 11) is 0. The van der Waals surface area contributed by atoms with Crippen LogP contribution < -0.4 is 5.73 Å². The SMILES string of the molecule is [2H]c1c([2H])c(O)c2c(c1[2H])[C@@](C)(O)C1([2H])CC3C([2H])([2H])C(O)=C(C(N)=O)C(=O)C3([2H])C(O)=C1C2=O. The normalized spacial score (nSPS) is 42.6. The molecule has 1 aromatic carbocycles. The van der Waals surface area contributed by atoms with Crippen LogP contribution in [0.5, 0.6) is 5.75 Å². The second kappa shape index (κ2) is 5.68. The molecule has 0 spiro atoms. The van der Waals surface area contributed by atoms with Crippen molar-refractivity contribution in [2.75, 3.05) is 0 Å². The van der Waals surface area contributed by atoms with Crippen LogP contribution in [-0.2, 0) is 15.2 Å². The van der Waals surface area contributed by atoms with E-state index in [9.17, 15) is 34.8 Å². The standard InChI is InChI=1S/C20H19NO7/c1-20(28)8-3-2-4-10(22)13(8)18(26)14-9(20)5-7-6-11(23)15(19(21)27)17(25)12(7)16(14)24/h2-4,7,9,12,22-24,28H,5-6H2,1H3,(H2,21,27)/t7?,9?,12?,20-/m1/s1/i2D,3D,4D,6D2,9D,12D. The molecule has 28 heavy (non-hydrogen) atoms. The van der Waals surface area contributed by atoms with Crippen LogP contribution in [-0.4, -0.2) is 37.9 Å². The van der Waals surface area contributed by atoms with Gasteiger partial charge in [0.2, 0.25) is 0 Å². The molecular weight excluding hydrogens is 366 g/mol. The van der Waals surface area contributed by atoms with Crippen LogP contribution >= 0.6 is 0 Å². The molecule has 3 unspecified atom stereocenters. The summed E-state index contributed by atoms with van der Waals surface area (Å²) in [5.41, 5.74) is -1.65. The lowest BCUT2D eigenvalue weighted by Gasteiger charge is -2.46. The number of phenols is 1. The van der Waals surface area contributed by atoms with Gasteiger partial charge in [-0.05, 0) is 30.9 Å². The third-order valence-electron chi connectivity index (χ3n) is 5.20. The second-order valence-electron chi connectivity index (χ2n) is 6.81. The number of Topliss-reactive ketones (excluding diaryl/α,β-unsaturated/α-hetero) is 2. The highest BCUT2D eigenvalue weighted by molar-refractivity contribution is 6.22. The summed E-state index contributed by atoms with van der Waals surface area (Å²) in [5.74, 6) is -16.8. The van der Waals surface area contributed by atoms with Gasteiger partial charge in [-0.1, -0.05) is 12.1 Å². The second-order valence-corrected chi connectivity index (χ2v) is 6.81. The van der Waals surface area contributed by atoms with Crippen LogP contribution in [0.25, 0.3) is 0 Å². The molecular formula is C20H19NO7. The van der Waals surface area contributed by atoms with Gasteiger partial charge in [0.25, 0.3) is 5.91 Å². The molecule has 0 aromatic heterocycles. The Morgan fingerprint density at radius 2 is 2.04 bits per heavy atom. The Labute approximate surface area is 169 Å². The number of ketones is 2. The Morgan fingerprint density at radius 1 is 1.36 bits per heavy atom. The third-order valence-corrected chi connectivity index (χ3v) is 5.20. The molecule has 0 aliphatic heterocycles. The first-order chi connectivity index (χ1) is 15.8. The minimum absolute atomic E-state index is 0.731. The fourth-order valence-corrected chi connectivity index (χ4v) is 3.89. The number of primary amides is 1. The average molecular weight is 392 g/mol. The van der Waals surface area contributed by atoms with E-state index in [2.05, 4.69) is 0 Å². The molecule has 6 N–H and O–H groups in total. The van der Waals surface area contributed by atoms with E-state index in [0.29, 0.717) is 0 Å². The molecule has 1 aromatic rings. The number of aliphatic hydroxyl groups excluding tert-OH is 2. The van der Waals surface area contributed by atoms with Crippen LogP contribution in [0.3, 0.4) is 0 Å². The number of hydrogen-bond donors (Lipinski definition) is 5. The zero-order valence-electron chi connectivity index (χ0n) is 21.4. The molecule has 0 saturated heterocycles. The number of hydrogen-bond acceptors (Lipinski definition) is 7. The monoisotopic (exact) mass is 392 g/mol. The topological polar surface area (TPSA) is 158 Å². The van der Waals surface area contributed by atoms with Crippen LogP contribution in [0, 0.1) is 17.7 Å². The van der Waals surface area contributed by atoms with E-state index in [1.165, 1.54) is 0 Å². The van der Waals surface area contributed by atoms with E-state index in [1.807, 2.05) is 0 Å². The van der Waals surface area contributed by atoms with E-state index in [-0.39, 0.29) is 0 Å². The lowest BCUT2D eigenvalue weighted by Crippen LogP contribution is -2.49. The third kappa shape index (κ3) is 2.18. The van der Waals surface area contributed by atoms with Crippen molar-refractivity contribution in [2.45, 2.75) is 25.3 Å². The van der Waals surface area contributed by atoms with Crippen molar-refractivity contribution in [3.8, 4) is 5.75 Å². The van der Waals surface area contributed by atoms with E-state index in [4.69, 9.17) is 15.3 Å².